The van der Waals surface area contributed by atoms with Gasteiger partial charge >= 0.3 is 0 Å². The van der Waals surface area contributed by atoms with Crippen LogP contribution >= 0.6 is 11.8 Å². The van der Waals surface area contributed by atoms with Gasteiger partial charge in [-0.3, -0.25) is 0 Å². The van der Waals surface area contributed by atoms with Crippen LogP contribution in [0.5, 0.6) is 0 Å². The van der Waals surface area contributed by atoms with Crippen LogP contribution in [-0.2, 0) is 6.42 Å². The molecule has 0 spiro atoms. The van der Waals surface area contributed by atoms with E-state index in [9.17, 15) is 0 Å². The van der Waals surface area contributed by atoms with Crippen LogP contribution in [0, 0.1) is 0 Å². The number of nitrogens with two attached hydrogens (primary N) is 1. The molecule has 88 valence electrons. The minimum absolute atomic E-state index is 0.168. The summed E-state index contributed by atoms with van der Waals surface area (Å²) in [6, 6.07) is 2.14. The van der Waals surface area contributed by atoms with Crippen molar-refractivity contribution in [2.45, 2.75) is 43.9 Å². The molecule has 1 fully saturated rings. The average Bonchev–Trinajstić information content (AvgIpc) is 2.30. The third kappa shape index (κ3) is 3.19. The summed E-state index contributed by atoms with van der Waals surface area (Å²) in [5.74, 6) is 2.24. The van der Waals surface area contributed by atoms with Gasteiger partial charge in [-0.1, -0.05) is 6.42 Å². The van der Waals surface area contributed by atoms with E-state index in [0.29, 0.717) is 5.25 Å². The number of hydrogen-bond donors (Lipinski definition) is 1. The molecule has 16 heavy (non-hydrogen) atoms. The second kappa shape index (κ2) is 5.64. The first-order valence-corrected chi connectivity index (χ1v) is 6.99. The molecule has 2 atom stereocenters. The van der Waals surface area contributed by atoms with E-state index in [4.69, 9.17) is 5.73 Å². The monoisotopic (exact) mass is 237 g/mol. The van der Waals surface area contributed by atoms with E-state index in [2.05, 4.69) is 9.97 Å². The quantitative estimate of drug-likeness (QED) is 0.876. The van der Waals surface area contributed by atoms with Gasteiger partial charge in [0.1, 0.15) is 5.82 Å². The van der Waals surface area contributed by atoms with Crippen LogP contribution in [0.2, 0.25) is 0 Å². The van der Waals surface area contributed by atoms with Crippen molar-refractivity contribution in [2.75, 3.05) is 5.75 Å². The molecule has 2 N–H and O–H groups in total. The highest BCUT2D eigenvalue weighted by Crippen LogP contribution is 2.36. The fourth-order valence-corrected chi connectivity index (χ4v) is 3.21. The van der Waals surface area contributed by atoms with E-state index in [-0.39, 0.29) is 6.04 Å². The Bertz CT molecular complexity index is 335. The highest BCUT2D eigenvalue weighted by molar-refractivity contribution is 7.99. The molecule has 0 saturated carbocycles. The summed E-state index contributed by atoms with van der Waals surface area (Å²) in [4.78, 5) is 9.02. The van der Waals surface area contributed by atoms with Gasteiger partial charge in [-0.2, -0.15) is 11.8 Å². The minimum atomic E-state index is 0.168. The standard InChI is InChI=1S/C12H19N3S/c1-9(13)8-10-5-6-14-12(15-10)11-4-2-3-7-16-11/h5-6,9,11H,2-4,7-8,13H2,1H3. The molecule has 0 radical (unpaired) electrons. The zero-order valence-corrected chi connectivity index (χ0v) is 10.5. The molecular weight excluding hydrogens is 218 g/mol. The van der Waals surface area contributed by atoms with Crippen molar-refractivity contribution < 1.29 is 0 Å². The van der Waals surface area contributed by atoms with Gasteiger partial charge < -0.3 is 5.73 Å². The molecular formula is C12H19N3S. The van der Waals surface area contributed by atoms with Crippen molar-refractivity contribution in [3.05, 3.63) is 23.8 Å². The summed E-state index contributed by atoms with van der Waals surface area (Å²) in [6.45, 7) is 2.01. The van der Waals surface area contributed by atoms with Crippen LogP contribution in [0.4, 0.5) is 0 Å². The number of nitrogens with zero attached hydrogens (tertiary/aromatic N) is 2. The van der Waals surface area contributed by atoms with Crippen molar-refractivity contribution in [3.8, 4) is 0 Å². The van der Waals surface area contributed by atoms with Gasteiger partial charge in [0.2, 0.25) is 0 Å². The Labute approximate surface area is 101 Å². The second-order valence-corrected chi connectivity index (χ2v) is 5.75. The van der Waals surface area contributed by atoms with Crippen LogP contribution in [0.3, 0.4) is 0 Å². The molecule has 1 saturated heterocycles. The van der Waals surface area contributed by atoms with Crippen LogP contribution in [0.25, 0.3) is 0 Å². The minimum Gasteiger partial charge on any atom is -0.328 e. The molecule has 0 amide bonds. The summed E-state index contributed by atoms with van der Waals surface area (Å²) in [6.07, 6.45) is 6.56. The van der Waals surface area contributed by atoms with Crippen molar-refractivity contribution in [3.63, 3.8) is 0 Å². The lowest BCUT2D eigenvalue weighted by Gasteiger charge is -2.20. The number of aromatic nitrogens is 2. The molecule has 1 aliphatic heterocycles. The SMILES string of the molecule is CC(N)Cc1ccnc(C2CCCCS2)n1. The Morgan fingerprint density at radius 1 is 1.56 bits per heavy atom. The summed E-state index contributed by atoms with van der Waals surface area (Å²) in [5, 5.41) is 0.502. The van der Waals surface area contributed by atoms with Crippen molar-refractivity contribution in [1.29, 1.82) is 0 Å². The summed E-state index contributed by atoms with van der Waals surface area (Å²) >= 11 is 1.99. The third-order valence-electron chi connectivity index (χ3n) is 2.73. The van der Waals surface area contributed by atoms with Crippen molar-refractivity contribution >= 4 is 11.8 Å². The van der Waals surface area contributed by atoms with E-state index < -0.39 is 0 Å². The summed E-state index contributed by atoms with van der Waals surface area (Å²) in [5.41, 5.74) is 6.86. The molecule has 1 aliphatic rings. The van der Waals surface area contributed by atoms with Gasteiger partial charge in [0.05, 0.1) is 5.25 Å². The molecule has 3 nitrogen and oxygen atoms in total. The first-order chi connectivity index (χ1) is 7.75. The predicted octanol–water partition coefficient (Wildman–Crippen LogP) is 2.32. The van der Waals surface area contributed by atoms with E-state index >= 15 is 0 Å². The van der Waals surface area contributed by atoms with Crippen LogP contribution in [0.1, 0.15) is 43.0 Å². The fourth-order valence-electron chi connectivity index (χ4n) is 1.96. The second-order valence-electron chi connectivity index (χ2n) is 4.44. The summed E-state index contributed by atoms with van der Waals surface area (Å²) in [7, 11) is 0. The van der Waals surface area contributed by atoms with Gasteiger partial charge in [-0.25, -0.2) is 9.97 Å². The zero-order valence-electron chi connectivity index (χ0n) is 9.72. The van der Waals surface area contributed by atoms with Gasteiger partial charge in [-0.15, -0.1) is 0 Å². The Morgan fingerprint density at radius 2 is 2.44 bits per heavy atom. The number of rotatable bonds is 3. The van der Waals surface area contributed by atoms with Gasteiger partial charge in [0, 0.05) is 24.4 Å². The first kappa shape index (κ1) is 11.9. The van der Waals surface area contributed by atoms with E-state index in [1.807, 2.05) is 30.9 Å². The highest BCUT2D eigenvalue weighted by atomic mass is 32.2. The molecule has 0 aliphatic carbocycles. The lowest BCUT2D eigenvalue weighted by molar-refractivity contribution is 0.651. The fraction of sp³-hybridized carbons (Fsp3) is 0.667. The van der Waals surface area contributed by atoms with Gasteiger partial charge in [0.15, 0.2) is 0 Å². The molecule has 4 heteroatoms. The molecule has 2 unspecified atom stereocenters. The lowest BCUT2D eigenvalue weighted by atomic mass is 10.1. The molecule has 1 aromatic rings. The number of thioether (sulfide) groups is 1. The topological polar surface area (TPSA) is 51.8 Å². The van der Waals surface area contributed by atoms with Crippen LogP contribution in [-0.4, -0.2) is 21.8 Å². The molecule has 0 bridgehead atoms. The maximum absolute atomic E-state index is 5.79. The summed E-state index contributed by atoms with van der Waals surface area (Å²) < 4.78 is 0. The van der Waals surface area contributed by atoms with E-state index in [1.165, 1.54) is 25.0 Å². The molecule has 1 aromatic heterocycles. The predicted molar refractivity (Wildman–Crippen MR) is 68.4 cm³/mol. The Kier molecular flexibility index (Phi) is 4.18. The van der Waals surface area contributed by atoms with Crippen molar-refractivity contribution in [1.82, 2.24) is 9.97 Å². The molecule has 2 rings (SSSR count). The normalized spacial score (nSPS) is 23.0. The van der Waals surface area contributed by atoms with Crippen LogP contribution < -0.4 is 5.73 Å². The maximum atomic E-state index is 5.79. The Hall–Kier alpha value is -0.610. The van der Waals surface area contributed by atoms with Gasteiger partial charge in [0.25, 0.3) is 0 Å². The molecule has 0 aromatic carbocycles. The van der Waals surface area contributed by atoms with E-state index in [0.717, 1.165) is 17.9 Å². The first-order valence-electron chi connectivity index (χ1n) is 5.94. The van der Waals surface area contributed by atoms with E-state index in [1.54, 1.807) is 0 Å². The lowest BCUT2D eigenvalue weighted by Crippen LogP contribution is -2.19. The Balaban J connectivity index is 2.08. The maximum Gasteiger partial charge on any atom is 0.141 e. The highest BCUT2D eigenvalue weighted by Gasteiger charge is 2.18. The van der Waals surface area contributed by atoms with Gasteiger partial charge in [-0.05, 0) is 31.6 Å². The zero-order chi connectivity index (χ0) is 11.4. The largest absolute Gasteiger partial charge is 0.328 e. The molecule has 2 heterocycles. The third-order valence-corrected chi connectivity index (χ3v) is 4.10. The van der Waals surface area contributed by atoms with Crippen LogP contribution in [0.15, 0.2) is 12.3 Å². The number of hydrogen-bond acceptors (Lipinski definition) is 4. The average molecular weight is 237 g/mol. The Morgan fingerprint density at radius 3 is 3.12 bits per heavy atom. The van der Waals surface area contributed by atoms with Crippen molar-refractivity contribution in [2.24, 2.45) is 5.73 Å². The smallest absolute Gasteiger partial charge is 0.141 e.